The molecule has 0 N–H and O–H groups in total. The fourth-order valence-corrected chi connectivity index (χ4v) is 2.83. The van der Waals surface area contributed by atoms with Gasteiger partial charge >= 0.3 is 5.97 Å². The molecule has 0 saturated heterocycles. The van der Waals surface area contributed by atoms with Crippen LogP contribution in [0, 0.1) is 24.0 Å². The monoisotopic (exact) mass is 373 g/mol. The minimum absolute atomic E-state index is 0.396. The number of rotatable bonds is 7. The molecule has 2 rings (SSSR count). The van der Waals surface area contributed by atoms with Crippen molar-refractivity contribution in [2.75, 3.05) is 7.11 Å². The van der Waals surface area contributed by atoms with Crippen molar-refractivity contribution in [3.8, 4) is 0 Å². The van der Waals surface area contributed by atoms with Gasteiger partial charge in [0.1, 0.15) is 5.56 Å². The Morgan fingerprint density at radius 2 is 1.96 bits per heavy atom. The number of hydrogen-bond donors (Lipinski definition) is 0. The summed E-state index contributed by atoms with van der Waals surface area (Å²) in [6, 6.07) is 2.52. The normalized spacial score (nSPS) is 10.5. The van der Waals surface area contributed by atoms with Crippen LogP contribution in [-0.2, 0) is 17.8 Å². The van der Waals surface area contributed by atoms with Crippen molar-refractivity contribution in [1.29, 1.82) is 0 Å². The summed E-state index contributed by atoms with van der Waals surface area (Å²) in [5.41, 5.74) is 0.117. The first-order valence-corrected chi connectivity index (χ1v) is 7.99. The molecular formula is C18H19N3O6. The molecule has 0 unspecified atom stereocenters. The van der Waals surface area contributed by atoms with Crippen LogP contribution >= 0.6 is 0 Å². The van der Waals surface area contributed by atoms with Gasteiger partial charge in [-0.2, -0.15) is 0 Å². The Morgan fingerprint density at radius 3 is 2.52 bits per heavy atom. The quantitative estimate of drug-likeness (QED) is 0.241. The molecule has 27 heavy (non-hydrogen) atoms. The summed E-state index contributed by atoms with van der Waals surface area (Å²) in [6.45, 7) is 7.35. The first kappa shape index (κ1) is 19.8. The second-order valence-electron chi connectivity index (χ2n) is 5.90. The Balaban J connectivity index is 2.49. The molecule has 0 saturated carbocycles. The summed E-state index contributed by atoms with van der Waals surface area (Å²) in [5.74, 6) is -1.41. The fourth-order valence-electron chi connectivity index (χ4n) is 2.83. The van der Waals surface area contributed by atoms with Crippen molar-refractivity contribution in [2.45, 2.75) is 26.9 Å². The number of pyridine rings is 1. The zero-order valence-electron chi connectivity index (χ0n) is 15.2. The van der Waals surface area contributed by atoms with Gasteiger partial charge in [0.2, 0.25) is 0 Å². The summed E-state index contributed by atoms with van der Waals surface area (Å²) in [6.07, 6.45) is 2.64. The highest BCUT2D eigenvalue weighted by Crippen LogP contribution is 2.17. The average Bonchev–Trinajstić information content (AvgIpc) is 2.91. The Kier molecular flexibility index (Phi) is 5.74. The smallest absolute Gasteiger partial charge is 0.343 e. The molecule has 0 fully saturated rings. The van der Waals surface area contributed by atoms with Crippen LogP contribution in [0.5, 0.6) is 0 Å². The molecule has 0 aliphatic carbocycles. The Labute approximate surface area is 154 Å². The molecule has 0 bridgehead atoms. The number of nitro groups is 1. The Hall–Kier alpha value is -3.49. The number of ether oxygens (including phenoxy) is 1. The van der Waals surface area contributed by atoms with Crippen LogP contribution in [0.15, 0.2) is 35.8 Å². The van der Waals surface area contributed by atoms with Crippen LogP contribution < -0.4 is 5.56 Å². The summed E-state index contributed by atoms with van der Waals surface area (Å²) < 4.78 is 7.23. The number of nitrogens with zero attached hydrogens (tertiary/aromatic N) is 3. The molecule has 0 amide bonds. The SMILES string of the molecule is C=CCn1c(C)cc(C(=O)Cn2cc([N+](=O)[O-])cc(C(=O)OC)c2=O)c1C. The molecule has 9 nitrogen and oxygen atoms in total. The maximum absolute atomic E-state index is 12.7. The number of aryl methyl sites for hydroxylation is 1. The van der Waals surface area contributed by atoms with E-state index in [2.05, 4.69) is 11.3 Å². The number of aromatic nitrogens is 2. The van der Waals surface area contributed by atoms with Gasteiger partial charge in [-0.3, -0.25) is 19.7 Å². The van der Waals surface area contributed by atoms with Crippen molar-refractivity contribution in [3.63, 3.8) is 0 Å². The van der Waals surface area contributed by atoms with Crippen molar-refractivity contribution in [3.05, 3.63) is 74.0 Å². The summed E-state index contributed by atoms with van der Waals surface area (Å²) in [7, 11) is 1.06. The van der Waals surface area contributed by atoms with Gasteiger partial charge < -0.3 is 13.9 Å². The number of carbonyl (C=O) groups excluding carboxylic acids is 2. The predicted molar refractivity (Wildman–Crippen MR) is 97.1 cm³/mol. The lowest BCUT2D eigenvalue weighted by Crippen LogP contribution is -2.29. The van der Waals surface area contributed by atoms with Crippen molar-refractivity contribution in [1.82, 2.24) is 9.13 Å². The van der Waals surface area contributed by atoms with E-state index in [0.29, 0.717) is 17.8 Å². The largest absolute Gasteiger partial charge is 0.465 e. The number of ketones is 1. The highest BCUT2D eigenvalue weighted by molar-refractivity contribution is 5.97. The van der Waals surface area contributed by atoms with Crippen molar-refractivity contribution >= 4 is 17.4 Å². The molecule has 0 aliphatic rings. The molecule has 0 atom stereocenters. The molecule has 142 valence electrons. The zero-order valence-corrected chi connectivity index (χ0v) is 15.2. The zero-order chi connectivity index (χ0) is 20.3. The predicted octanol–water partition coefficient (Wildman–Crippen LogP) is 2.03. The van der Waals surface area contributed by atoms with Crippen LogP contribution in [0.25, 0.3) is 0 Å². The minimum Gasteiger partial charge on any atom is -0.465 e. The third-order valence-corrected chi connectivity index (χ3v) is 4.19. The summed E-state index contributed by atoms with van der Waals surface area (Å²) in [4.78, 5) is 47.2. The topological polar surface area (TPSA) is 113 Å². The molecule has 2 aromatic rings. The van der Waals surface area contributed by atoms with Gasteiger partial charge in [0.15, 0.2) is 5.78 Å². The van der Waals surface area contributed by atoms with E-state index in [1.807, 2.05) is 11.5 Å². The van der Waals surface area contributed by atoms with Crippen LogP contribution in [0.4, 0.5) is 5.69 Å². The molecule has 0 radical (unpaired) electrons. The lowest BCUT2D eigenvalue weighted by Gasteiger charge is -2.08. The van der Waals surface area contributed by atoms with E-state index in [-0.39, 0.29) is 0 Å². The lowest BCUT2D eigenvalue weighted by molar-refractivity contribution is -0.385. The van der Waals surface area contributed by atoms with Gasteiger partial charge in [0, 0.05) is 29.6 Å². The summed E-state index contributed by atoms with van der Waals surface area (Å²) in [5, 5.41) is 11.1. The first-order chi connectivity index (χ1) is 12.7. The van der Waals surface area contributed by atoms with Crippen molar-refractivity contribution < 1.29 is 19.2 Å². The van der Waals surface area contributed by atoms with E-state index in [9.17, 15) is 24.5 Å². The van der Waals surface area contributed by atoms with Gasteiger partial charge in [0.05, 0.1) is 24.8 Å². The molecule has 9 heteroatoms. The number of hydrogen-bond acceptors (Lipinski definition) is 6. The van der Waals surface area contributed by atoms with E-state index in [1.165, 1.54) is 0 Å². The number of Topliss-reactive ketones (excluding diaryl/α,β-unsaturated/α-hetero) is 1. The minimum atomic E-state index is -1.01. The van der Waals surface area contributed by atoms with Gasteiger partial charge in [-0.05, 0) is 19.9 Å². The van der Waals surface area contributed by atoms with Crippen LogP contribution in [-0.4, -0.2) is 32.9 Å². The summed E-state index contributed by atoms with van der Waals surface area (Å²) >= 11 is 0. The Bertz CT molecular complexity index is 999. The van der Waals surface area contributed by atoms with Gasteiger partial charge in [-0.15, -0.1) is 6.58 Å². The van der Waals surface area contributed by atoms with Crippen LogP contribution in [0.1, 0.15) is 32.1 Å². The second kappa shape index (κ2) is 7.81. The highest BCUT2D eigenvalue weighted by Gasteiger charge is 2.22. The highest BCUT2D eigenvalue weighted by atomic mass is 16.6. The molecule has 2 aromatic heterocycles. The number of carbonyl (C=O) groups is 2. The third-order valence-electron chi connectivity index (χ3n) is 4.19. The number of esters is 1. The van der Waals surface area contributed by atoms with E-state index in [4.69, 9.17) is 0 Å². The fraction of sp³-hybridized carbons (Fsp3) is 0.278. The van der Waals surface area contributed by atoms with Crippen LogP contribution in [0.3, 0.4) is 0 Å². The molecular weight excluding hydrogens is 354 g/mol. The number of allylic oxidation sites excluding steroid dienone is 1. The maximum atomic E-state index is 12.7. The maximum Gasteiger partial charge on any atom is 0.343 e. The van der Waals surface area contributed by atoms with E-state index < -0.39 is 40.0 Å². The van der Waals surface area contributed by atoms with Gasteiger partial charge in [-0.25, -0.2) is 4.79 Å². The lowest BCUT2D eigenvalue weighted by atomic mass is 10.1. The molecule has 0 aliphatic heterocycles. The van der Waals surface area contributed by atoms with Crippen LogP contribution in [0.2, 0.25) is 0 Å². The van der Waals surface area contributed by atoms with E-state index >= 15 is 0 Å². The standard InChI is InChI=1S/C18H19N3O6/c1-5-6-20-11(2)7-14(12(20)3)16(22)10-19-9-13(21(25)26)8-15(17(19)23)18(24)27-4/h5,7-9H,1,6,10H2,2-4H3. The first-order valence-electron chi connectivity index (χ1n) is 7.99. The van der Waals surface area contributed by atoms with E-state index in [0.717, 1.165) is 29.6 Å². The van der Waals surface area contributed by atoms with E-state index in [1.54, 1.807) is 19.1 Å². The molecule has 0 spiro atoms. The Morgan fingerprint density at radius 1 is 1.30 bits per heavy atom. The van der Waals surface area contributed by atoms with Gasteiger partial charge in [0.25, 0.3) is 11.2 Å². The molecule has 2 heterocycles. The molecule has 0 aromatic carbocycles. The third kappa shape index (κ3) is 3.86. The van der Waals surface area contributed by atoms with Crippen molar-refractivity contribution in [2.24, 2.45) is 0 Å². The average molecular weight is 373 g/mol. The number of methoxy groups -OCH3 is 1. The second-order valence-corrected chi connectivity index (χ2v) is 5.90. The van der Waals surface area contributed by atoms with Gasteiger partial charge in [-0.1, -0.05) is 6.08 Å².